The molecule has 0 saturated carbocycles. The van der Waals surface area contributed by atoms with Crippen molar-refractivity contribution < 1.29 is 14.3 Å². The van der Waals surface area contributed by atoms with Crippen LogP contribution in [-0.4, -0.2) is 19.6 Å². The van der Waals surface area contributed by atoms with Crippen molar-refractivity contribution in [3.63, 3.8) is 0 Å². The average molecular weight is 313 g/mol. The number of ether oxygens (including phenoxy) is 2. The fourth-order valence-corrected chi connectivity index (χ4v) is 2.35. The lowest BCUT2D eigenvalue weighted by molar-refractivity contribution is 0.0939. The second-order valence-corrected chi connectivity index (χ2v) is 5.27. The molecule has 0 aliphatic carbocycles. The van der Waals surface area contributed by atoms with Crippen molar-refractivity contribution in [2.75, 3.05) is 13.7 Å². The Kier molecular flexibility index (Phi) is 6.18. The molecule has 122 valence electrons. The molecule has 23 heavy (non-hydrogen) atoms. The molecule has 0 radical (unpaired) electrons. The number of carbonyl (C=O) groups is 1. The van der Waals surface area contributed by atoms with Crippen LogP contribution in [0.4, 0.5) is 0 Å². The summed E-state index contributed by atoms with van der Waals surface area (Å²) in [4.78, 5) is 12.5. The van der Waals surface area contributed by atoms with Gasteiger partial charge in [-0.2, -0.15) is 0 Å². The van der Waals surface area contributed by atoms with Gasteiger partial charge in [-0.1, -0.05) is 30.3 Å². The van der Waals surface area contributed by atoms with Gasteiger partial charge < -0.3 is 14.8 Å². The highest BCUT2D eigenvalue weighted by Gasteiger charge is 2.13. The van der Waals surface area contributed by atoms with Crippen molar-refractivity contribution in [1.82, 2.24) is 5.32 Å². The Hall–Kier alpha value is -2.33. The Morgan fingerprint density at radius 3 is 2.57 bits per heavy atom. The Labute approximate surface area is 137 Å². The molecular weight excluding hydrogens is 290 g/mol. The van der Waals surface area contributed by atoms with Crippen molar-refractivity contribution in [3.05, 3.63) is 65.2 Å². The van der Waals surface area contributed by atoms with E-state index in [9.17, 15) is 4.79 Å². The summed E-state index contributed by atoms with van der Waals surface area (Å²) in [5.74, 6) is 0.618. The van der Waals surface area contributed by atoms with Gasteiger partial charge in [-0.3, -0.25) is 4.79 Å². The smallest absolute Gasteiger partial charge is 0.251 e. The van der Waals surface area contributed by atoms with Crippen molar-refractivity contribution in [2.24, 2.45) is 0 Å². The summed E-state index contributed by atoms with van der Waals surface area (Å²) in [5, 5.41) is 3.01. The van der Waals surface area contributed by atoms with Crippen molar-refractivity contribution in [2.45, 2.75) is 26.5 Å². The van der Waals surface area contributed by atoms with E-state index in [-0.39, 0.29) is 11.9 Å². The van der Waals surface area contributed by atoms with Gasteiger partial charge in [0.2, 0.25) is 0 Å². The fourth-order valence-electron chi connectivity index (χ4n) is 2.35. The van der Waals surface area contributed by atoms with Gasteiger partial charge in [0.25, 0.3) is 5.91 Å². The minimum Gasteiger partial charge on any atom is -0.496 e. The highest BCUT2D eigenvalue weighted by atomic mass is 16.5. The second kappa shape index (κ2) is 8.34. The molecule has 1 atom stereocenters. The molecule has 1 amide bonds. The summed E-state index contributed by atoms with van der Waals surface area (Å²) < 4.78 is 10.8. The molecule has 0 spiro atoms. The van der Waals surface area contributed by atoms with Crippen LogP contribution in [0.2, 0.25) is 0 Å². The molecule has 4 heteroatoms. The highest BCUT2D eigenvalue weighted by Crippen LogP contribution is 2.21. The Morgan fingerprint density at radius 1 is 1.17 bits per heavy atom. The van der Waals surface area contributed by atoms with Gasteiger partial charge in [0.1, 0.15) is 5.75 Å². The number of nitrogens with one attached hydrogen (secondary N) is 1. The summed E-state index contributed by atoms with van der Waals surface area (Å²) >= 11 is 0. The van der Waals surface area contributed by atoms with E-state index < -0.39 is 0 Å². The number of hydrogen-bond acceptors (Lipinski definition) is 3. The number of methoxy groups -OCH3 is 1. The van der Waals surface area contributed by atoms with Gasteiger partial charge in [0.05, 0.1) is 19.8 Å². The van der Waals surface area contributed by atoms with E-state index in [1.807, 2.05) is 50.2 Å². The maximum atomic E-state index is 12.5. The topological polar surface area (TPSA) is 47.6 Å². The maximum absolute atomic E-state index is 12.5. The second-order valence-electron chi connectivity index (χ2n) is 5.27. The molecule has 0 fully saturated rings. The molecule has 2 rings (SSSR count). The molecule has 0 heterocycles. The zero-order chi connectivity index (χ0) is 16.7. The van der Waals surface area contributed by atoms with Crippen LogP contribution < -0.4 is 10.1 Å². The molecule has 4 nitrogen and oxygen atoms in total. The van der Waals surface area contributed by atoms with Gasteiger partial charge in [-0.05, 0) is 37.6 Å². The van der Waals surface area contributed by atoms with Gasteiger partial charge in [0.15, 0.2) is 0 Å². The first-order chi connectivity index (χ1) is 11.2. The summed E-state index contributed by atoms with van der Waals surface area (Å²) in [7, 11) is 1.61. The highest BCUT2D eigenvalue weighted by molar-refractivity contribution is 5.94. The van der Waals surface area contributed by atoms with Gasteiger partial charge >= 0.3 is 0 Å². The molecule has 0 aromatic heterocycles. The molecule has 0 aliphatic rings. The third kappa shape index (κ3) is 4.57. The number of rotatable bonds is 7. The van der Waals surface area contributed by atoms with Crippen LogP contribution >= 0.6 is 0 Å². The number of benzene rings is 2. The summed E-state index contributed by atoms with van der Waals surface area (Å²) in [6.45, 7) is 4.95. The SMILES string of the molecule is CCOCc1cc(C(=O)NC(C)c2ccccc2)ccc1OC. The Morgan fingerprint density at radius 2 is 1.91 bits per heavy atom. The lowest BCUT2D eigenvalue weighted by Gasteiger charge is -2.15. The Balaban J connectivity index is 2.12. The molecule has 0 aliphatic heterocycles. The number of hydrogen-bond donors (Lipinski definition) is 1. The first-order valence-electron chi connectivity index (χ1n) is 7.76. The first-order valence-corrected chi connectivity index (χ1v) is 7.76. The Bertz CT molecular complexity index is 640. The van der Waals surface area contributed by atoms with Crippen LogP contribution in [-0.2, 0) is 11.3 Å². The zero-order valence-corrected chi connectivity index (χ0v) is 13.8. The van der Waals surface area contributed by atoms with Crippen LogP contribution in [0, 0.1) is 0 Å². The zero-order valence-electron chi connectivity index (χ0n) is 13.8. The normalized spacial score (nSPS) is 11.8. The molecule has 1 unspecified atom stereocenters. The van der Waals surface area contributed by atoms with E-state index in [0.29, 0.717) is 18.8 Å². The van der Waals surface area contributed by atoms with Crippen molar-refractivity contribution in [3.8, 4) is 5.75 Å². The van der Waals surface area contributed by atoms with E-state index in [4.69, 9.17) is 9.47 Å². The van der Waals surface area contributed by atoms with Gasteiger partial charge in [-0.15, -0.1) is 0 Å². The summed E-state index contributed by atoms with van der Waals surface area (Å²) in [6.07, 6.45) is 0. The lowest BCUT2D eigenvalue weighted by Crippen LogP contribution is -2.26. The third-order valence-electron chi connectivity index (χ3n) is 3.65. The van der Waals surface area contributed by atoms with E-state index in [0.717, 1.165) is 16.9 Å². The van der Waals surface area contributed by atoms with Crippen LogP contribution in [0.1, 0.15) is 41.4 Å². The molecule has 0 bridgehead atoms. The summed E-state index contributed by atoms with van der Waals surface area (Å²) in [5.41, 5.74) is 2.54. The van der Waals surface area contributed by atoms with E-state index in [1.165, 1.54) is 0 Å². The van der Waals surface area contributed by atoms with Crippen LogP contribution in [0.25, 0.3) is 0 Å². The first kappa shape index (κ1) is 17.0. The molecule has 0 saturated heterocycles. The number of amides is 1. The predicted octanol–water partition coefficient (Wildman–Crippen LogP) is 3.72. The minimum atomic E-state index is -0.109. The van der Waals surface area contributed by atoms with E-state index in [1.54, 1.807) is 19.2 Å². The van der Waals surface area contributed by atoms with E-state index >= 15 is 0 Å². The van der Waals surface area contributed by atoms with Crippen molar-refractivity contribution in [1.29, 1.82) is 0 Å². The molecule has 1 N–H and O–H groups in total. The molecule has 2 aromatic carbocycles. The molecular formula is C19H23NO3. The quantitative estimate of drug-likeness (QED) is 0.847. The van der Waals surface area contributed by atoms with E-state index in [2.05, 4.69) is 5.32 Å². The summed E-state index contributed by atoms with van der Waals surface area (Å²) in [6, 6.07) is 15.2. The number of carbonyl (C=O) groups excluding carboxylic acids is 1. The minimum absolute atomic E-state index is 0.0545. The van der Waals surface area contributed by atoms with Gasteiger partial charge in [-0.25, -0.2) is 0 Å². The van der Waals surface area contributed by atoms with Crippen molar-refractivity contribution >= 4 is 5.91 Å². The standard InChI is InChI=1S/C19H23NO3/c1-4-23-13-17-12-16(10-11-18(17)22-3)19(21)20-14(2)15-8-6-5-7-9-15/h5-12,14H,4,13H2,1-3H3,(H,20,21). The monoisotopic (exact) mass is 313 g/mol. The predicted molar refractivity (Wildman–Crippen MR) is 90.6 cm³/mol. The molecule has 2 aromatic rings. The third-order valence-corrected chi connectivity index (χ3v) is 3.65. The largest absolute Gasteiger partial charge is 0.496 e. The maximum Gasteiger partial charge on any atom is 0.251 e. The fraction of sp³-hybridized carbons (Fsp3) is 0.316. The van der Waals surface area contributed by atoms with Gasteiger partial charge in [0, 0.05) is 17.7 Å². The lowest BCUT2D eigenvalue weighted by atomic mass is 10.1. The van der Waals surface area contributed by atoms with Crippen LogP contribution in [0.3, 0.4) is 0 Å². The van der Waals surface area contributed by atoms with Crippen LogP contribution in [0.15, 0.2) is 48.5 Å². The van der Waals surface area contributed by atoms with Crippen LogP contribution in [0.5, 0.6) is 5.75 Å². The average Bonchev–Trinajstić information content (AvgIpc) is 2.60.